The van der Waals surface area contributed by atoms with Gasteiger partial charge in [0, 0.05) is 63.2 Å². The Kier molecular flexibility index (Phi) is 9.38. The molecule has 1 aliphatic rings. The van der Waals surface area contributed by atoms with Crippen LogP contribution in [0.15, 0.2) is 48.8 Å². The maximum absolute atomic E-state index is 6.05. The maximum Gasteiger partial charge on any atom is 0.0406 e. The van der Waals surface area contributed by atoms with E-state index in [0.29, 0.717) is 0 Å². The average Bonchev–Trinajstić information content (AvgIpc) is 2.75. The van der Waals surface area contributed by atoms with Crippen LogP contribution in [0.5, 0.6) is 0 Å². The lowest BCUT2D eigenvalue weighted by molar-refractivity contribution is 0.125. The van der Waals surface area contributed by atoms with Crippen molar-refractivity contribution in [3.63, 3.8) is 0 Å². The van der Waals surface area contributed by atoms with Crippen molar-refractivity contribution in [1.29, 1.82) is 0 Å². The van der Waals surface area contributed by atoms with Gasteiger partial charge in [-0.25, -0.2) is 0 Å². The third-order valence-electron chi connectivity index (χ3n) is 5.57. The van der Waals surface area contributed by atoms with Gasteiger partial charge in [-0.15, -0.1) is 0 Å². The molecule has 0 amide bonds. The lowest BCUT2D eigenvalue weighted by Gasteiger charge is -2.35. The Bertz CT molecular complexity index is 686. The molecular formula is C23H34ClN5. The molecule has 3 rings (SSSR count). The Morgan fingerprint density at radius 2 is 1.38 bits per heavy atom. The standard InChI is InChI=1S/C23H34ClN5/c24-23-5-3-21(4-6-23)19-29(20-22-7-10-26-11-8-22)14-2-13-28-17-15-27(16-18-28)12-1-9-25/h3-8,10-11H,1-2,9,12-20,25H2. The Morgan fingerprint density at radius 3 is 1.97 bits per heavy atom. The molecule has 1 aromatic carbocycles. The van der Waals surface area contributed by atoms with E-state index in [1.54, 1.807) is 0 Å². The molecule has 0 saturated carbocycles. The minimum atomic E-state index is 0.792. The van der Waals surface area contributed by atoms with Crippen molar-refractivity contribution in [2.24, 2.45) is 5.73 Å². The number of nitrogens with two attached hydrogens (primary N) is 1. The SMILES string of the molecule is NCCCN1CCN(CCCN(Cc2ccncc2)Cc2ccc(Cl)cc2)CC1. The van der Waals surface area contributed by atoms with Gasteiger partial charge in [0.25, 0.3) is 0 Å². The van der Waals surface area contributed by atoms with E-state index in [-0.39, 0.29) is 0 Å². The van der Waals surface area contributed by atoms with E-state index in [1.807, 2.05) is 24.5 Å². The summed E-state index contributed by atoms with van der Waals surface area (Å²) in [5.74, 6) is 0. The van der Waals surface area contributed by atoms with Gasteiger partial charge in [-0.1, -0.05) is 23.7 Å². The third kappa shape index (κ3) is 8.03. The second kappa shape index (κ2) is 12.3. The predicted molar refractivity (Wildman–Crippen MR) is 121 cm³/mol. The highest BCUT2D eigenvalue weighted by molar-refractivity contribution is 6.30. The number of halogens is 1. The molecule has 0 aliphatic carbocycles. The lowest BCUT2D eigenvalue weighted by atomic mass is 10.1. The number of piperazine rings is 1. The quantitative estimate of drug-likeness (QED) is 0.611. The van der Waals surface area contributed by atoms with Crippen molar-refractivity contribution in [2.75, 3.05) is 52.4 Å². The molecule has 1 aliphatic heterocycles. The maximum atomic E-state index is 6.05. The zero-order valence-corrected chi connectivity index (χ0v) is 18.1. The predicted octanol–water partition coefficient (Wildman–Crippen LogP) is 3.09. The first-order valence-electron chi connectivity index (χ1n) is 10.7. The minimum Gasteiger partial charge on any atom is -0.330 e. The molecule has 0 atom stereocenters. The number of benzene rings is 1. The van der Waals surface area contributed by atoms with Gasteiger partial charge in [0.15, 0.2) is 0 Å². The summed E-state index contributed by atoms with van der Waals surface area (Å²) in [5, 5.41) is 0.792. The van der Waals surface area contributed by atoms with E-state index >= 15 is 0 Å². The van der Waals surface area contributed by atoms with Crippen molar-refractivity contribution in [1.82, 2.24) is 19.7 Å². The molecule has 0 spiro atoms. The molecule has 5 nitrogen and oxygen atoms in total. The number of aromatic nitrogens is 1. The number of hydrogen-bond acceptors (Lipinski definition) is 5. The van der Waals surface area contributed by atoms with Crippen molar-refractivity contribution in [3.05, 3.63) is 64.9 Å². The second-order valence-electron chi connectivity index (χ2n) is 7.87. The van der Waals surface area contributed by atoms with Crippen LogP contribution < -0.4 is 5.73 Å². The highest BCUT2D eigenvalue weighted by Gasteiger charge is 2.16. The summed E-state index contributed by atoms with van der Waals surface area (Å²) >= 11 is 6.05. The minimum absolute atomic E-state index is 0.792. The molecule has 0 unspecified atom stereocenters. The molecule has 6 heteroatoms. The molecular weight excluding hydrogens is 382 g/mol. The molecule has 1 aromatic heterocycles. The van der Waals surface area contributed by atoms with Gasteiger partial charge >= 0.3 is 0 Å². The number of pyridine rings is 1. The third-order valence-corrected chi connectivity index (χ3v) is 5.82. The van der Waals surface area contributed by atoms with Crippen molar-refractivity contribution < 1.29 is 0 Å². The van der Waals surface area contributed by atoms with Gasteiger partial charge in [0.2, 0.25) is 0 Å². The number of hydrogen-bond donors (Lipinski definition) is 1. The van der Waals surface area contributed by atoms with Crippen LogP contribution in [0.4, 0.5) is 0 Å². The monoisotopic (exact) mass is 415 g/mol. The fraction of sp³-hybridized carbons (Fsp3) is 0.522. The summed E-state index contributed by atoms with van der Waals surface area (Å²) in [6, 6.07) is 12.4. The molecule has 2 aromatic rings. The molecule has 0 bridgehead atoms. The zero-order chi connectivity index (χ0) is 20.3. The molecule has 1 fully saturated rings. The first-order chi connectivity index (χ1) is 14.2. The van der Waals surface area contributed by atoms with E-state index in [1.165, 1.54) is 43.7 Å². The average molecular weight is 416 g/mol. The largest absolute Gasteiger partial charge is 0.330 e. The highest BCUT2D eigenvalue weighted by Crippen LogP contribution is 2.14. The van der Waals surface area contributed by atoms with E-state index in [0.717, 1.165) is 50.7 Å². The molecule has 0 radical (unpaired) electrons. The fourth-order valence-electron chi connectivity index (χ4n) is 3.88. The molecule has 29 heavy (non-hydrogen) atoms. The van der Waals surface area contributed by atoms with Gasteiger partial charge in [0.1, 0.15) is 0 Å². The number of nitrogens with zero attached hydrogens (tertiary/aromatic N) is 4. The van der Waals surface area contributed by atoms with Crippen molar-refractivity contribution in [2.45, 2.75) is 25.9 Å². The molecule has 1 saturated heterocycles. The van der Waals surface area contributed by atoms with Crippen LogP contribution >= 0.6 is 11.6 Å². The van der Waals surface area contributed by atoms with E-state index in [9.17, 15) is 0 Å². The highest BCUT2D eigenvalue weighted by atomic mass is 35.5. The molecule has 2 heterocycles. The fourth-order valence-corrected chi connectivity index (χ4v) is 4.00. The van der Waals surface area contributed by atoms with Gasteiger partial charge in [-0.05, 0) is 67.9 Å². The van der Waals surface area contributed by atoms with E-state index in [2.05, 4.69) is 43.9 Å². The first kappa shape index (κ1) is 22.2. The smallest absolute Gasteiger partial charge is 0.0406 e. The first-order valence-corrected chi connectivity index (χ1v) is 11.1. The van der Waals surface area contributed by atoms with Crippen LogP contribution in [0, 0.1) is 0 Å². The van der Waals surface area contributed by atoms with Crippen LogP contribution in [0.3, 0.4) is 0 Å². The Morgan fingerprint density at radius 1 is 0.828 bits per heavy atom. The van der Waals surface area contributed by atoms with E-state index < -0.39 is 0 Å². The van der Waals surface area contributed by atoms with Gasteiger partial charge in [0.05, 0.1) is 0 Å². The van der Waals surface area contributed by atoms with Crippen LogP contribution in [0.25, 0.3) is 0 Å². The Labute approximate surface area is 180 Å². The van der Waals surface area contributed by atoms with Crippen LogP contribution in [0.2, 0.25) is 5.02 Å². The number of rotatable bonds is 11. The van der Waals surface area contributed by atoms with Crippen molar-refractivity contribution >= 4 is 11.6 Å². The zero-order valence-electron chi connectivity index (χ0n) is 17.3. The van der Waals surface area contributed by atoms with E-state index in [4.69, 9.17) is 17.3 Å². The second-order valence-corrected chi connectivity index (χ2v) is 8.31. The van der Waals surface area contributed by atoms with Crippen LogP contribution in [-0.4, -0.2) is 72.0 Å². The summed E-state index contributed by atoms with van der Waals surface area (Å²) in [6.45, 7) is 10.8. The summed E-state index contributed by atoms with van der Waals surface area (Å²) in [7, 11) is 0. The van der Waals surface area contributed by atoms with Crippen LogP contribution in [0.1, 0.15) is 24.0 Å². The van der Waals surface area contributed by atoms with Crippen molar-refractivity contribution in [3.8, 4) is 0 Å². The van der Waals surface area contributed by atoms with Gasteiger partial charge in [-0.3, -0.25) is 9.88 Å². The van der Waals surface area contributed by atoms with Crippen LogP contribution in [-0.2, 0) is 13.1 Å². The summed E-state index contributed by atoms with van der Waals surface area (Å²) in [4.78, 5) is 11.8. The lowest BCUT2D eigenvalue weighted by Crippen LogP contribution is -2.47. The van der Waals surface area contributed by atoms with Gasteiger partial charge in [-0.2, -0.15) is 0 Å². The molecule has 158 valence electrons. The molecule has 2 N–H and O–H groups in total. The Balaban J connectivity index is 1.47. The Hall–Kier alpha value is -1.50. The summed E-state index contributed by atoms with van der Waals surface area (Å²) < 4.78 is 0. The van der Waals surface area contributed by atoms with Gasteiger partial charge < -0.3 is 15.5 Å². The normalized spacial score (nSPS) is 15.8. The summed E-state index contributed by atoms with van der Waals surface area (Å²) in [6.07, 6.45) is 6.04. The topological polar surface area (TPSA) is 48.6 Å². The summed E-state index contributed by atoms with van der Waals surface area (Å²) in [5.41, 5.74) is 8.24.